The fraction of sp³-hybridized carbons (Fsp3) is 0.889. The molecule has 0 fully saturated rings. The van der Waals surface area contributed by atoms with Gasteiger partial charge in [0.25, 0.3) is 0 Å². The Balaban J connectivity index is 2.75. The van der Waals surface area contributed by atoms with Crippen molar-refractivity contribution in [2.24, 2.45) is 16.8 Å². The van der Waals surface area contributed by atoms with Gasteiger partial charge >= 0.3 is 0 Å². The monoisotopic (exact) mass is 184 g/mol. The van der Waals surface area contributed by atoms with Crippen LogP contribution in [0.1, 0.15) is 20.8 Å². The quantitative estimate of drug-likeness (QED) is 0.487. The van der Waals surface area contributed by atoms with Crippen LogP contribution in [0, 0.1) is 5.92 Å². The van der Waals surface area contributed by atoms with Crippen LogP contribution in [0.5, 0.6) is 0 Å². The lowest BCUT2D eigenvalue weighted by molar-refractivity contribution is 0.215. The van der Waals surface area contributed by atoms with Gasteiger partial charge in [-0.05, 0) is 12.5 Å². The van der Waals surface area contributed by atoms with Crippen LogP contribution in [-0.2, 0) is 0 Å². The van der Waals surface area contributed by atoms with Crippen molar-refractivity contribution in [2.45, 2.75) is 26.9 Å². The smallest absolute Gasteiger partial charge is 0.112 e. The topological polar surface area (TPSA) is 53.6 Å². The molecule has 76 valence electrons. The molecule has 3 N–H and O–H groups in total. The van der Waals surface area contributed by atoms with E-state index in [9.17, 15) is 0 Å². The molecule has 4 heteroatoms. The Labute approximate surface area is 80.2 Å². The van der Waals surface area contributed by atoms with Crippen molar-refractivity contribution >= 4 is 5.71 Å². The maximum Gasteiger partial charge on any atom is 0.112 e. The van der Waals surface area contributed by atoms with E-state index in [0.29, 0.717) is 5.92 Å². The molecule has 1 rings (SSSR count). The van der Waals surface area contributed by atoms with E-state index in [1.54, 1.807) is 0 Å². The van der Waals surface area contributed by atoms with E-state index in [0.717, 1.165) is 19.6 Å². The number of rotatable bonds is 3. The molecule has 0 aromatic rings. The second-order valence-corrected chi connectivity index (χ2v) is 3.66. The van der Waals surface area contributed by atoms with Crippen LogP contribution in [0.4, 0.5) is 0 Å². The summed E-state index contributed by atoms with van der Waals surface area (Å²) in [5.41, 5.74) is 4.01. The number of likely N-dealkylation sites (N-methyl/N-ethyl adjacent to an activating group) is 1. The summed E-state index contributed by atoms with van der Waals surface area (Å²) in [5.74, 6) is 5.99. The molecule has 0 amide bonds. The summed E-state index contributed by atoms with van der Waals surface area (Å²) in [6.45, 7) is 9.38. The van der Waals surface area contributed by atoms with Crippen LogP contribution in [0.2, 0.25) is 0 Å². The first-order valence-corrected chi connectivity index (χ1v) is 4.95. The Kier molecular flexibility index (Phi) is 3.84. The zero-order chi connectivity index (χ0) is 9.84. The zero-order valence-corrected chi connectivity index (χ0v) is 8.75. The second-order valence-electron chi connectivity index (χ2n) is 3.66. The number of hydrazine groups is 1. The highest BCUT2D eigenvalue weighted by molar-refractivity contribution is 5.91. The lowest BCUT2D eigenvalue weighted by Crippen LogP contribution is -2.57. The normalized spacial score (nSPS) is 25.0. The molecule has 1 aliphatic heterocycles. The Morgan fingerprint density at radius 2 is 2.38 bits per heavy atom. The van der Waals surface area contributed by atoms with Crippen LogP contribution in [0.15, 0.2) is 4.99 Å². The maximum atomic E-state index is 5.52. The van der Waals surface area contributed by atoms with Crippen LogP contribution in [0.25, 0.3) is 0 Å². The van der Waals surface area contributed by atoms with E-state index in [4.69, 9.17) is 5.84 Å². The highest BCUT2D eigenvalue weighted by Crippen LogP contribution is 2.10. The average molecular weight is 184 g/mol. The molecule has 13 heavy (non-hydrogen) atoms. The minimum absolute atomic E-state index is 0.138. The molecule has 4 nitrogen and oxygen atoms in total. The molecule has 0 aromatic heterocycles. The molecular formula is C9H20N4. The van der Waals surface area contributed by atoms with Crippen molar-refractivity contribution in [1.29, 1.82) is 0 Å². The number of hydrogen-bond donors (Lipinski definition) is 2. The third-order valence-electron chi connectivity index (χ3n) is 2.48. The Morgan fingerprint density at radius 1 is 1.69 bits per heavy atom. The summed E-state index contributed by atoms with van der Waals surface area (Å²) in [6, 6.07) is 0. The lowest BCUT2D eigenvalue weighted by atomic mass is 10.0. The summed E-state index contributed by atoms with van der Waals surface area (Å²) in [6.07, 6.45) is 0.138. The van der Waals surface area contributed by atoms with Gasteiger partial charge in [-0.25, -0.2) is 5.43 Å². The first-order chi connectivity index (χ1) is 6.20. The molecule has 0 spiro atoms. The molecular weight excluding hydrogens is 164 g/mol. The first-order valence-electron chi connectivity index (χ1n) is 4.95. The van der Waals surface area contributed by atoms with E-state index in [1.807, 2.05) is 0 Å². The molecule has 0 radical (unpaired) electrons. The molecule has 1 unspecified atom stereocenters. The number of nitrogens with two attached hydrogens (primary N) is 1. The fourth-order valence-corrected chi connectivity index (χ4v) is 1.74. The van der Waals surface area contributed by atoms with E-state index in [2.05, 4.69) is 36.1 Å². The SMILES string of the molecule is CCN1CCN=C(C(C)C)C1NN. The van der Waals surface area contributed by atoms with Gasteiger partial charge in [-0.3, -0.25) is 15.7 Å². The van der Waals surface area contributed by atoms with E-state index in [-0.39, 0.29) is 6.17 Å². The highest BCUT2D eigenvalue weighted by Gasteiger charge is 2.26. The Hall–Kier alpha value is -0.450. The van der Waals surface area contributed by atoms with Gasteiger partial charge < -0.3 is 0 Å². The van der Waals surface area contributed by atoms with Gasteiger partial charge in [0.1, 0.15) is 6.17 Å². The number of hydrogen-bond acceptors (Lipinski definition) is 4. The fourth-order valence-electron chi connectivity index (χ4n) is 1.74. The zero-order valence-electron chi connectivity index (χ0n) is 8.75. The van der Waals surface area contributed by atoms with Gasteiger partial charge in [0.05, 0.1) is 6.54 Å². The third-order valence-corrected chi connectivity index (χ3v) is 2.48. The number of aliphatic imine (C=N–C) groups is 1. The summed E-state index contributed by atoms with van der Waals surface area (Å²) in [5, 5.41) is 0. The number of nitrogens with one attached hydrogen (secondary N) is 1. The average Bonchev–Trinajstić information content (AvgIpc) is 2.16. The van der Waals surface area contributed by atoms with Crippen molar-refractivity contribution in [3.05, 3.63) is 0 Å². The van der Waals surface area contributed by atoms with Crippen molar-refractivity contribution in [2.75, 3.05) is 19.6 Å². The summed E-state index contributed by atoms with van der Waals surface area (Å²) < 4.78 is 0. The molecule has 0 bridgehead atoms. The highest BCUT2D eigenvalue weighted by atomic mass is 15.4. The van der Waals surface area contributed by atoms with Gasteiger partial charge in [-0.1, -0.05) is 20.8 Å². The molecule has 1 atom stereocenters. The maximum absolute atomic E-state index is 5.52. The van der Waals surface area contributed by atoms with Crippen LogP contribution in [-0.4, -0.2) is 36.4 Å². The lowest BCUT2D eigenvalue weighted by Gasteiger charge is -2.35. The van der Waals surface area contributed by atoms with Crippen LogP contribution < -0.4 is 11.3 Å². The van der Waals surface area contributed by atoms with E-state index < -0.39 is 0 Å². The molecule has 1 heterocycles. The largest absolute Gasteiger partial charge is 0.289 e. The van der Waals surface area contributed by atoms with Crippen molar-refractivity contribution < 1.29 is 0 Å². The van der Waals surface area contributed by atoms with Crippen molar-refractivity contribution in [3.8, 4) is 0 Å². The molecule has 0 aliphatic carbocycles. The summed E-state index contributed by atoms with van der Waals surface area (Å²) >= 11 is 0. The Morgan fingerprint density at radius 3 is 2.85 bits per heavy atom. The van der Waals surface area contributed by atoms with Gasteiger partial charge in [-0.15, -0.1) is 0 Å². The predicted octanol–water partition coefficient (Wildman–Crippen LogP) is 0.208. The molecule has 1 aliphatic rings. The Bertz CT molecular complexity index is 188. The van der Waals surface area contributed by atoms with E-state index in [1.165, 1.54) is 5.71 Å². The van der Waals surface area contributed by atoms with Crippen molar-refractivity contribution in [1.82, 2.24) is 10.3 Å². The number of nitrogens with zero attached hydrogens (tertiary/aromatic N) is 2. The molecule has 0 saturated heterocycles. The molecule has 0 aromatic carbocycles. The minimum Gasteiger partial charge on any atom is -0.289 e. The summed E-state index contributed by atoms with van der Waals surface area (Å²) in [7, 11) is 0. The van der Waals surface area contributed by atoms with Gasteiger partial charge in [-0.2, -0.15) is 0 Å². The predicted molar refractivity (Wildman–Crippen MR) is 55.5 cm³/mol. The van der Waals surface area contributed by atoms with Crippen molar-refractivity contribution in [3.63, 3.8) is 0 Å². The van der Waals surface area contributed by atoms with Crippen LogP contribution in [0.3, 0.4) is 0 Å². The molecule has 0 saturated carbocycles. The van der Waals surface area contributed by atoms with Gasteiger partial charge in [0.15, 0.2) is 0 Å². The van der Waals surface area contributed by atoms with Crippen LogP contribution >= 0.6 is 0 Å². The first kappa shape index (κ1) is 10.6. The van der Waals surface area contributed by atoms with Gasteiger partial charge in [0, 0.05) is 12.3 Å². The third kappa shape index (κ3) is 2.27. The second kappa shape index (κ2) is 4.69. The van der Waals surface area contributed by atoms with E-state index >= 15 is 0 Å². The standard InChI is InChI=1S/C9H20N4/c1-4-13-6-5-11-8(7(2)3)9(13)12-10/h7,9,12H,4-6,10H2,1-3H3. The van der Waals surface area contributed by atoms with Gasteiger partial charge in [0.2, 0.25) is 0 Å². The summed E-state index contributed by atoms with van der Waals surface area (Å²) in [4.78, 5) is 6.82. The minimum atomic E-state index is 0.138.